The molecule has 2 aromatic heterocycles. The molecule has 0 N–H and O–H groups in total. The third kappa shape index (κ3) is 5.68. The number of halogens is 3. The second-order valence-electron chi connectivity index (χ2n) is 10.7. The van der Waals surface area contributed by atoms with Gasteiger partial charge in [-0.25, -0.2) is 4.68 Å². The summed E-state index contributed by atoms with van der Waals surface area (Å²) in [5.74, 6) is -0.170. The van der Waals surface area contributed by atoms with Crippen LogP contribution in [-0.2, 0) is 43.5 Å². The second-order valence-corrected chi connectivity index (χ2v) is 10.7. The van der Waals surface area contributed by atoms with Gasteiger partial charge in [0.05, 0.1) is 17.9 Å². The SMILES string of the molecule is CCc1nn(COCc2ccccc2)c2c1CC(N(C(=O)c1ccc(-c3ccccc3C(F)(F)F)o1)C1CC1)CC2. The van der Waals surface area contributed by atoms with Crippen molar-refractivity contribution in [2.45, 2.75) is 77.0 Å². The number of hydrogen-bond acceptors (Lipinski definition) is 4. The van der Waals surface area contributed by atoms with Crippen molar-refractivity contribution in [3.05, 3.63) is 101 Å². The molecule has 6 rings (SSSR count). The fraction of sp³-hybridized carbons (Fsp3) is 0.375. The van der Waals surface area contributed by atoms with Gasteiger partial charge >= 0.3 is 6.18 Å². The summed E-state index contributed by atoms with van der Waals surface area (Å²) >= 11 is 0. The van der Waals surface area contributed by atoms with Crippen LogP contribution in [0.4, 0.5) is 13.2 Å². The Morgan fingerprint density at radius 1 is 1.02 bits per heavy atom. The maximum atomic E-state index is 13.8. The average molecular weight is 564 g/mol. The average Bonchev–Trinajstić information content (AvgIpc) is 3.56. The van der Waals surface area contributed by atoms with E-state index in [1.807, 2.05) is 39.9 Å². The van der Waals surface area contributed by atoms with Crippen LogP contribution in [0.1, 0.15) is 64.8 Å². The molecule has 4 aromatic rings. The summed E-state index contributed by atoms with van der Waals surface area (Å²) < 4.78 is 54.5. The van der Waals surface area contributed by atoms with Crippen molar-refractivity contribution in [1.82, 2.24) is 14.7 Å². The largest absolute Gasteiger partial charge is 0.451 e. The Kier molecular flexibility index (Phi) is 7.46. The first-order valence-electron chi connectivity index (χ1n) is 14.1. The molecule has 1 saturated carbocycles. The molecule has 0 bridgehead atoms. The van der Waals surface area contributed by atoms with E-state index in [4.69, 9.17) is 14.3 Å². The minimum atomic E-state index is -4.53. The van der Waals surface area contributed by atoms with Gasteiger partial charge in [0, 0.05) is 23.3 Å². The van der Waals surface area contributed by atoms with E-state index in [9.17, 15) is 18.0 Å². The summed E-state index contributed by atoms with van der Waals surface area (Å²) in [6, 6.07) is 18.3. The highest BCUT2D eigenvalue weighted by Crippen LogP contribution is 2.39. The fourth-order valence-corrected chi connectivity index (χ4v) is 5.85. The molecule has 2 aromatic carbocycles. The van der Waals surface area contributed by atoms with E-state index in [0.717, 1.165) is 55.1 Å². The molecule has 2 aliphatic carbocycles. The maximum Gasteiger partial charge on any atom is 0.417 e. The molecule has 0 radical (unpaired) electrons. The van der Waals surface area contributed by atoms with E-state index in [1.165, 1.54) is 35.9 Å². The van der Waals surface area contributed by atoms with Crippen molar-refractivity contribution in [2.24, 2.45) is 0 Å². The first-order chi connectivity index (χ1) is 19.8. The number of hydrogen-bond donors (Lipinski definition) is 0. The van der Waals surface area contributed by atoms with E-state index in [2.05, 4.69) is 6.92 Å². The van der Waals surface area contributed by atoms with Crippen molar-refractivity contribution < 1.29 is 27.1 Å². The predicted molar refractivity (Wildman–Crippen MR) is 147 cm³/mol. The first kappa shape index (κ1) is 27.3. The zero-order valence-electron chi connectivity index (χ0n) is 22.9. The highest BCUT2D eigenvalue weighted by molar-refractivity contribution is 5.93. The Bertz CT molecular complexity index is 1520. The number of ether oxygens (including phenoxy) is 1. The lowest BCUT2D eigenvalue weighted by atomic mass is 9.89. The van der Waals surface area contributed by atoms with E-state index in [0.29, 0.717) is 19.8 Å². The lowest BCUT2D eigenvalue weighted by molar-refractivity contribution is -0.137. The van der Waals surface area contributed by atoms with Gasteiger partial charge in [-0.05, 0) is 67.9 Å². The highest BCUT2D eigenvalue weighted by atomic mass is 19.4. The number of alkyl halides is 3. The lowest BCUT2D eigenvalue weighted by Crippen LogP contribution is -2.45. The number of aryl methyl sites for hydroxylation is 1. The summed E-state index contributed by atoms with van der Waals surface area (Å²) in [5, 5.41) is 4.84. The topological polar surface area (TPSA) is 60.5 Å². The summed E-state index contributed by atoms with van der Waals surface area (Å²) in [6.45, 7) is 2.94. The van der Waals surface area contributed by atoms with Crippen LogP contribution in [0.2, 0.25) is 0 Å². The van der Waals surface area contributed by atoms with E-state index in [1.54, 1.807) is 0 Å². The second kappa shape index (κ2) is 11.2. The summed E-state index contributed by atoms with van der Waals surface area (Å²) in [6.07, 6.45) is 0.289. The van der Waals surface area contributed by atoms with Crippen LogP contribution in [-0.4, -0.2) is 32.7 Å². The van der Waals surface area contributed by atoms with Gasteiger partial charge in [0.15, 0.2) is 5.76 Å². The van der Waals surface area contributed by atoms with Crippen LogP contribution in [0.3, 0.4) is 0 Å². The quantitative estimate of drug-likeness (QED) is 0.219. The fourth-order valence-electron chi connectivity index (χ4n) is 5.85. The van der Waals surface area contributed by atoms with E-state index < -0.39 is 11.7 Å². The predicted octanol–water partition coefficient (Wildman–Crippen LogP) is 7.06. The van der Waals surface area contributed by atoms with Gasteiger partial charge in [0.2, 0.25) is 0 Å². The van der Waals surface area contributed by atoms with Gasteiger partial charge in [-0.2, -0.15) is 18.3 Å². The zero-order chi connectivity index (χ0) is 28.6. The van der Waals surface area contributed by atoms with Gasteiger partial charge in [0.25, 0.3) is 5.91 Å². The molecule has 214 valence electrons. The third-order valence-electron chi connectivity index (χ3n) is 7.95. The van der Waals surface area contributed by atoms with Crippen molar-refractivity contribution in [2.75, 3.05) is 0 Å². The van der Waals surface area contributed by atoms with Gasteiger partial charge in [-0.3, -0.25) is 4.79 Å². The molecular weight excluding hydrogens is 531 g/mol. The molecule has 41 heavy (non-hydrogen) atoms. The van der Waals surface area contributed by atoms with Gasteiger partial charge < -0.3 is 14.1 Å². The van der Waals surface area contributed by atoms with Gasteiger partial charge in [-0.15, -0.1) is 0 Å². The van der Waals surface area contributed by atoms with Crippen LogP contribution in [0, 0.1) is 0 Å². The molecule has 0 aliphatic heterocycles. The summed E-state index contributed by atoms with van der Waals surface area (Å²) in [5.41, 5.74) is 3.58. The monoisotopic (exact) mass is 563 g/mol. The standard InChI is InChI=1S/C32H32F3N3O3/c1-2-27-25-18-23(14-15-28(25)37(36-27)20-40-19-21-8-4-3-5-9-21)38(22-12-13-22)31(39)30-17-16-29(41-30)24-10-6-7-11-26(24)32(33,34)35/h3-11,16-17,22-23H,2,12-15,18-20H2,1H3. The molecule has 2 aliphatic rings. The molecule has 6 nitrogen and oxygen atoms in total. The third-order valence-corrected chi connectivity index (χ3v) is 7.95. The molecular formula is C32H32F3N3O3. The molecule has 0 saturated heterocycles. The molecule has 9 heteroatoms. The molecule has 1 fully saturated rings. The Hall–Kier alpha value is -3.85. The Morgan fingerprint density at radius 2 is 1.78 bits per heavy atom. The van der Waals surface area contributed by atoms with E-state index in [-0.39, 0.29) is 35.1 Å². The number of amides is 1. The minimum absolute atomic E-state index is 0.0352. The van der Waals surface area contributed by atoms with Crippen molar-refractivity contribution >= 4 is 5.91 Å². The summed E-state index contributed by atoms with van der Waals surface area (Å²) in [7, 11) is 0. The number of nitrogens with zero attached hydrogens (tertiary/aromatic N) is 3. The number of benzene rings is 2. The Balaban J connectivity index is 1.20. The van der Waals surface area contributed by atoms with Crippen LogP contribution >= 0.6 is 0 Å². The lowest BCUT2D eigenvalue weighted by Gasteiger charge is -2.34. The number of carbonyl (C=O) groups is 1. The van der Waals surface area contributed by atoms with Crippen LogP contribution in [0.5, 0.6) is 0 Å². The molecule has 0 spiro atoms. The first-order valence-corrected chi connectivity index (χ1v) is 14.1. The zero-order valence-corrected chi connectivity index (χ0v) is 22.9. The van der Waals surface area contributed by atoms with Crippen molar-refractivity contribution in [3.63, 3.8) is 0 Å². The minimum Gasteiger partial charge on any atom is -0.451 e. The van der Waals surface area contributed by atoms with Crippen LogP contribution < -0.4 is 0 Å². The Morgan fingerprint density at radius 3 is 2.51 bits per heavy atom. The number of rotatable bonds is 9. The van der Waals surface area contributed by atoms with E-state index >= 15 is 0 Å². The number of aromatic nitrogens is 2. The number of furan rings is 1. The van der Waals surface area contributed by atoms with Gasteiger partial charge in [-0.1, -0.05) is 55.5 Å². The molecule has 1 amide bonds. The van der Waals surface area contributed by atoms with Crippen molar-refractivity contribution in [3.8, 4) is 11.3 Å². The Labute approximate surface area is 236 Å². The summed E-state index contributed by atoms with van der Waals surface area (Å²) in [4.78, 5) is 15.7. The maximum absolute atomic E-state index is 13.8. The number of carbonyl (C=O) groups excluding carboxylic acids is 1. The van der Waals surface area contributed by atoms with Crippen molar-refractivity contribution in [1.29, 1.82) is 0 Å². The smallest absolute Gasteiger partial charge is 0.417 e. The molecule has 1 unspecified atom stereocenters. The number of fused-ring (bicyclic) bond motifs is 1. The molecule has 2 heterocycles. The van der Waals surface area contributed by atoms with Gasteiger partial charge in [0.1, 0.15) is 12.5 Å². The van der Waals surface area contributed by atoms with Crippen LogP contribution in [0.15, 0.2) is 71.1 Å². The normalized spacial score (nSPS) is 16.9. The van der Waals surface area contributed by atoms with Crippen LogP contribution in [0.25, 0.3) is 11.3 Å². The highest BCUT2D eigenvalue weighted by Gasteiger charge is 2.41. The molecule has 1 atom stereocenters.